The van der Waals surface area contributed by atoms with Crippen LogP contribution < -0.4 is 21.4 Å². The average molecular weight is 560 g/mol. The summed E-state index contributed by atoms with van der Waals surface area (Å²) in [5.41, 5.74) is 12.6. The minimum Gasteiger partial charge on any atom is -0.382 e. The van der Waals surface area contributed by atoms with E-state index in [2.05, 4.69) is 81.4 Å². The lowest BCUT2D eigenvalue weighted by Crippen LogP contribution is -2.56. The van der Waals surface area contributed by atoms with Gasteiger partial charge in [-0.1, -0.05) is 11.6 Å². The van der Waals surface area contributed by atoms with Crippen LogP contribution in [0.15, 0.2) is 24.4 Å². The number of piperazine rings is 1. The zero-order valence-electron chi connectivity index (χ0n) is 24.0. The first-order valence-electron chi connectivity index (χ1n) is 14.3. The van der Waals surface area contributed by atoms with Gasteiger partial charge in [0, 0.05) is 63.1 Å². The number of nitrogens with zero attached hydrogens (tertiary/aromatic N) is 6. The van der Waals surface area contributed by atoms with Gasteiger partial charge in [0.1, 0.15) is 0 Å². The van der Waals surface area contributed by atoms with E-state index in [1.165, 1.54) is 30.5 Å². The number of likely N-dealkylation sites (tertiary alicyclic amines) is 1. The SMILES string of the molecule is C=C.CC1=C(CN2CCCC(N3CCN(c4nc(N)c(C(=O)NC5CC5)nc4Cl)CC3C)CC2)C(C)NN1C. The number of hydrogen-bond donors (Lipinski definition) is 3. The Morgan fingerprint density at radius 2 is 1.87 bits per heavy atom. The molecule has 2 saturated heterocycles. The molecular weight excluding hydrogens is 514 g/mol. The molecule has 216 valence electrons. The van der Waals surface area contributed by atoms with Crippen LogP contribution >= 0.6 is 11.6 Å². The Labute approximate surface area is 238 Å². The molecule has 11 heteroatoms. The maximum atomic E-state index is 12.4. The number of nitrogen functional groups attached to an aromatic ring is 1. The molecule has 0 radical (unpaired) electrons. The second-order valence-electron chi connectivity index (χ2n) is 11.2. The van der Waals surface area contributed by atoms with Gasteiger partial charge in [0.15, 0.2) is 22.5 Å². The van der Waals surface area contributed by atoms with Gasteiger partial charge in [0.05, 0.1) is 0 Å². The number of carbonyl (C=O) groups excluding carboxylic acids is 1. The lowest BCUT2D eigenvalue weighted by molar-refractivity contribution is 0.0946. The average Bonchev–Trinajstić information content (AvgIpc) is 3.73. The van der Waals surface area contributed by atoms with Crippen molar-refractivity contribution in [2.75, 3.05) is 56.9 Å². The highest BCUT2D eigenvalue weighted by molar-refractivity contribution is 6.32. The fourth-order valence-corrected chi connectivity index (χ4v) is 6.34. The number of hydrazine groups is 1. The molecule has 1 saturated carbocycles. The summed E-state index contributed by atoms with van der Waals surface area (Å²) < 4.78 is 0. The van der Waals surface area contributed by atoms with Crippen molar-refractivity contribution in [3.05, 3.63) is 35.3 Å². The minimum absolute atomic E-state index is 0.121. The second kappa shape index (κ2) is 12.8. The summed E-state index contributed by atoms with van der Waals surface area (Å²) in [6.07, 6.45) is 5.63. The normalized spacial score (nSPS) is 26.7. The van der Waals surface area contributed by atoms with Crippen molar-refractivity contribution in [1.82, 2.24) is 35.5 Å². The van der Waals surface area contributed by atoms with E-state index < -0.39 is 0 Å². The second-order valence-corrected chi connectivity index (χ2v) is 11.6. The van der Waals surface area contributed by atoms with Crippen LogP contribution in [-0.4, -0.2) is 101 Å². The summed E-state index contributed by atoms with van der Waals surface area (Å²) >= 11 is 6.52. The Kier molecular flexibility index (Phi) is 9.74. The highest BCUT2D eigenvalue weighted by atomic mass is 35.5. The third-order valence-corrected chi connectivity index (χ3v) is 8.75. The Balaban J connectivity index is 0.00000172. The smallest absolute Gasteiger partial charge is 0.274 e. The predicted octanol–water partition coefficient (Wildman–Crippen LogP) is 2.88. The molecule has 0 aromatic carbocycles. The fourth-order valence-electron chi connectivity index (χ4n) is 6.09. The maximum absolute atomic E-state index is 12.4. The van der Waals surface area contributed by atoms with Crippen molar-refractivity contribution >= 4 is 29.1 Å². The van der Waals surface area contributed by atoms with Gasteiger partial charge < -0.3 is 21.0 Å². The molecule has 4 heterocycles. The van der Waals surface area contributed by atoms with Gasteiger partial charge in [-0.3, -0.25) is 14.6 Å². The fraction of sp³-hybridized carbons (Fsp3) is 0.679. The number of halogens is 1. The zero-order chi connectivity index (χ0) is 28.3. The van der Waals surface area contributed by atoms with Crippen LogP contribution in [0.3, 0.4) is 0 Å². The van der Waals surface area contributed by atoms with Gasteiger partial charge in [-0.2, -0.15) is 0 Å². The largest absolute Gasteiger partial charge is 0.382 e. The molecule has 0 bridgehead atoms. The van der Waals surface area contributed by atoms with Crippen molar-refractivity contribution in [2.24, 2.45) is 0 Å². The zero-order valence-corrected chi connectivity index (χ0v) is 24.8. The predicted molar refractivity (Wildman–Crippen MR) is 159 cm³/mol. The Morgan fingerprint density at radius 3 is 2.51 bits per heavy atom. The van der Waals surface area contributed by atoms with E-state index in [1.54, 1.807) is 0 Å². The molecule has 1 amide bonds. The third kappa shape index (κ3) is 6.85. The van der Waals surface area contributed by atoms with Crippen LogP contribution in [0, 0.1) is 0 Å². The van der Waals surface area contributed by atoms with E-state index in [1.807, 2.05) is 0 Å². The number of anilines is 2. The molecule has 10 nitrogen and oxygen atoms in total. The molecular formula is C28H46ClN9O. The molecule has 4 N–H and O–H groups in total. The van der Waals surface area contributed by atoms with Crippen LogP contribution in [0.5, 0.6) is 0 Å². The van der Waals surface area contributed by atoms with Gasteiger partial charge in [-0.05, 0) is 71.5 Å². The monoisotopic (exact) mass is 559 g/mol. The first kappa shape index (κ1) is 29.6. The Morgan fingerprint density at radius 1 is 1.13 bits per heavy atom. The molecule has 1 aliphatic carbocycles. The van der Waals surface area contributed by atoms with Gasteiger partial charge in [-0.25, -0.2) is 15.4 Å². The van der Waals surface area contributed by atoms with Gasteiger partial charge in [0.2, 0.25) is 0 Å². The number of nitrogens with one attached hydrogen (secondary N) is 2. The van der Waals surface area contributed by atoms with Crippen LogP contribution in [0.4, 0.5) is 11.6 Å². The van der Waals surface area contributed by atoms with Crippen LogP contribution in [0.1, 0.15) is 63.4 Å². The maximum Gasteiger partial charge on any atom is 0.274 e. The summed E-state index contributed by atoms with van der Waals surface area (Å²) in [7, 11) is 2.10. The molecule has 1 aromatic heterocycles. The number of rotatable bonds is 6. The minimum atomic E-state index is -0.293. The van der Waals surface area contributed by atoms with Crippen LogP contribution in [0.25, 0.3) is 0 Å². The molecule has 3 atom stereocenters. The Bertz CT molecular complexity index is 1060. The topological polar surface area (TPSA) is 106 Å². The van der Waals surface area contributed by atoms with E-state index in [4.69, 9.17) is 17.3 Å². The van der Waals surface area contributed by atoms with Gasteiger partial charge >= 0.3 is 0 Å². The molecule has 4 aliphatic rings. The van der Waals surface area contributed by atoms with Crippen molar-refractivity contribution in [3.8, 4) is 0 Å². The van der Waals surface area contributed by atoms with E-state index in [9.17, 15) is 4.79 Å². The first-order valence-corrected chi connectivity index (χ1v) is 14.7. The van der Waals surface area contributed by atoms with Crippen LogP contribution in [-0.2, 0) is 0 Å². The van der Waals surface area contributed by atoms with Gasteiger partial charge in [-0.15, -0.1) is 13.2 Å². The van der Waals surface area contributed by atoms with Gasteiger partial charge in [0.25, 0.3) is 5.91 Å². The molecule has 3 fully saturated rings. The summed E-state index contributed by atoms with van der Waals surface area (Å²) in [5.74, 6) is 0.423. The molecule has 5 rings (SSSR count). The molecule has 1 aromatic rings. The number of nitrogens with two attached hydrogens (primary N) is 1. The third-order valence-electron chi connectivity index (χ3n) is 8.50. The highest BCUT2D eigenvalue weighted by Crippen LogP contribution is 2.30. The van der Waals surface area contributed by atoms with E-state index in [-0.39, 0.29) is 28.6 Å². The number of hydrogen-bond acceptors (Lipinski definition) is 9. The number of carbonyl (C=O) groups is 1. The van der Waals surface area contributed by atoms with Crippen LogP contribution in [0.2, 0.25) is 5.15 Å². The van der Waals surface area contributed by atoms with Crippen molar-refractivity contribution in [1.29, 1.82) is 0 Å². The van der Waals surface area contributed by atoms with E-state index in [0.717, 1.165) is 52.1 Å². The quantitative estimate of drug-likeness (QED) is 0.454. The summed E-state index contributed by atoms with van der Waals surface area (Å²) in [5, 5.41) is 5.31. The number of amides is 1. The lowest BCUT2D eigenvalue weighted by atomic mass is 10.0. The number of aromatic nitrogens is 2. The molecule has 3 unspecified atom stereocenters. The van der Waals surface area contributed by atoms with Crippen molar-refractivity contribution in [3.63, 3.8) is 0 Å². The van der Waals surface area contributed by atoms with Crippen molar-refractivity contribution < 1.29 is 4.79 Å². The van der Waals surface area contributed by atoms with E-state index >= 15 is 0 Å². The summed E-state index contributed by atoms with van der Waals surface area (Å²) in [6, 6.07) is 1.57. The molecule has 39 heavy (non-hydrogen) atoms. The molecule has 0 spiro atoms. The first-order chi connectivity index (χ1) is 18.7. The lowest BCUT2D eigenvalue weighted by Gasteiger charge is -2.44. The summed E-state index contributed by atoms with van der Waals surface area (Å²) in [6.45, 7) is 18.7. The standard InChI is InChI=1S/C26H42ClN9O.C2H4/c1-16-14-35(25-23(27)30-22(24(28)31-25)26(37)29-19-7-8-19)12-13-36(16)20-6-5-10-34(11-9-20)15-21-17(2)32-33(4)18(21)3;1-2/h16-17,19-20,32H,5-15H2,1-4H3,(H2,28,31)(H,29,37);1-2H2. The van der Waals surface area contributed by atoms with Crippen molar-refractivity contribution in [2.45, 2.75) is 77.0 Å². The Hall–Kier alpha value is -2.40. The molecule has 3 aliphatic heterocycles. The number of allylic oxidation sites excluding steroid dienone is 1. The highest BCUT2D eigenvalue weighted by Gasteiger charge is 2.34. The summed E-state index contributed by atoms with van der Waals surface area (Å²) in [4.78, 5) is 28.8. The van der Waals surface area contributed by atoms with E-state index in [0.29, 0.717) is 23.9 Å².